The van der Waals surface area contributed by atoms with Crippen molar-refractivity contribution in [2.24, 2.45) is 29.6 Å². The first-order chi connectivity index (χ1) is 37.9. The van der Waals surface area contributed by atoms with Crippen LogP contribution in [-0.4, -0.2) is 163 Å². The van der Waals surface area contributed by atoms with Crippen molar-refractivity contribution in [2.45, 2.75) is 182 Å². The number of ether oxygens (including phenoxy) is 2. The molecule has 9 unspecified atom stereocenters. The highest BCUT2D eigenvalue weighted by Gasteiger charge is 2.44. The van der Waals surface area contributed by atoms with E-state index in [2.05, 4.69) is 21.3 Å². The minimum Gasteiger partial charge on any atom is -0.379 e. The van der Waals surface area contributed by atoms with E-state index in [0.29, 0.717) is 50.4 Å². The molecule has 10 atom stereocenters. The van der Waals surface area contributed by atoms with E-state index in [1.165, 1.54) is 14.2 Å². The molecule has 2 aliphatic rings. The van der Waals surface area contributed by atoms with Gasteiger partial charge in [0.25, 0.3) is 11.8 Å². The largest absolute Gasteiger partial charge is 0.379 e. The number of amides is 8. The van der Waals surface area contributed by atoms with Crippen molar-refractivity contribution >= 4 is 53.2 Å². The predicted octanol–water partition coefficient (Wildman–Crippen LogP) is 4.97. The van der Waals surface area contributed by atoms with Crippen LogP contribution in [0, 0.1) is 29.6 Å². The summed E-state index contributed by atoms with van der Waals surface area (Å²) in [5.41, 5.74) is 1.80. The lowest BCUT2D eigenvalue weighted by Crippen LogP contribution is -2.60. The van der Waals surface area contributed by atoms with Gasteiger partial charge in [0, 0.05) is 60.0 Å². The molecule has 0 aromatic heterocycles. The molecule has 2 heterocycles. The molecule has 0 aliphatic carbocycles. The third-order valence-electron chi connectivity index (χ3n) is 15.5. The van der Waals surface area contributed by atoms with Crippen LogP contribution >= 0.6 is 0 Å². The standard InChI is InChI=1S/C60H92N8O12/c1-14-40(8)54(66(11)59(76)52(38(4)5)64-58(75)53(39(6)7)65(10)31-22-28-48(69)62-45(33-37(2)3)60(77)80-68-49(70)29-30-50(68)71)47(78-12)35-51(72)67-32-21-27-46(67)55(79-13)41(9)56(73)63-44(34-42-23-17-15-18-24-42)57(74)61-36-43-25-19-16-20-26-43/h15-20,23-26,37-41,44-47,52-55H,14,21-22,27-36H2,1-13H3,(H,61,74)(H,62,69)(H,63,73)(H,64,75)/t40?,41?,44?,45?,46-,47?,52?,53?,54?,55?/m0/s1. The molecule has 0 saturated carbocycles. The molecule has 20 nitrogen and oxygen atoms in total. The minimum atomic E-state index is -1.08. The second-order valence-corrected chi connectivity index (χ2v) is 22.8. The maximum Gasteiger partial charge on any atom is 0.355 e. The molecule has 0 spiro atoms. The van der Waals surface area contributed by atoms with Crippen LogP contribution in [0.4, 0.5) is 0 Å². The molecule has 80 heavy (non-hydrogen) atoms. The lowest BCUT2D eigenvalue weighted by atomic mass is 9.89. The fraction of sp³-hybridized carbons (Fsp3) is 0.650. The van der Waals surface area contributed by atoms with Crippen molar-refractivity contribution < 1.29 is 57.5 Å². The second kappa shape index (κ2) is 32.3. The van der Waals surface area contributed by atoms with Crippen molar-refractivity contribution in [1.82, 2.24) is 41.0 Å². The van der Waals surface area contributed by atoms with Crippen LogP contribution < -0.4 is 21.3 Å². The van der Waals surface area contributed by atoms with Gasteiger partial charge in [0.05, 0.1) is 42.7 Å². The number of nitrogens with one attached hydrogen (secondary N) is 4. The number of hydroxylamine groups is 2. The van der Waals surface area contributed by atoms with Gasteiger partial charge in [0.2, 0.25) is 35.4 Å². The summed E-state index contributed by atoms with van der Waals surface area (Å²) in [6.45, 7) is 18.0. The fourth-order valence-corrected chi connectivity index (χ4v) is 11.0. The van der Waals surface area contributed by atoms with E-state index in [4.69, 9.17) is 14.3 Å². The van der Waals surface area contributed by atoms with Gasteiger partial charge in [-0.05, 0) is 74.1 Å². The van der Waals surface area contributed by atoms with Gasteiger partial charge >= 0.3 is 5.97 Å². The molecule has 2 fully saturated rings. The molecule has 4 rings (SSSR count). The van der Waals surface area contributed by atoms with E-state index in [1.54, 1.807) is 30.8 Å². The summed E-state index contributed by atoms with van der Waals surface area (Å²) >= 11 is 0. The van der Waals surface area contributed by atoms with Gasteiger partial charge in [-0.1, -0.05) is 129 Å². The Bertz CT molecular complexity index is 2360. The molecular formula is C60H92N8O12. The van der Waals surface area contributed by atoms with E-state index in [0.717, 1.165) is 11.1 Å². The third kappa shape index (κ3) is 18.9. The van der Waals surface area contributed by atoms with E-state index in [-0.39, 0.29) is 91.7 Å². The lowest BCUT2D eigenvalue weighted by Gasteiger charge is -2.41. The van der Waals surface area contributed by atoms with Crippen molar-refractivity contribution in [3.8, 4) is 0 Å². The Morgan fingerprint density at radius 1 is 0.738 bits per heavy atom. The molecule has 0 radical (unpaired) electrons. The number of imide groups is 1. The van der Waals surface area contributed by atoms with Gasteiger partial charge in [0.15, 0.2) is 0 Å². The van der Waals surface area contributed by atoms with Crippen LogP contribution in [0.1, 0.15) is 131 Å². The monoisotopic (exact) mass is 1120 g/mol. The average molecular weight is 1120 g/mol. The van der Waals surface area contributed by atoms with Crippen molar-refractivity contribution in [2.75, 3.05) is 41.4 Å². The number of hydrogen-bond donors (Lipinski definition) is 4. The number of carbonyl (C=O) groups excluding carboxylic acids is 9. The molecular weight excluding hydrogens is 1020 g/mol. The summed E-state index contributed by atoms with van der Waals surface area (Å²) in [7, 11) is 6.50. The average Bonchev–Trinajstić information content (AvgIpc) is 4.04. The van der Waals surface area contributed by atoms with Crippen molar-refractivity contribution in [1.29, 1.82) is 0 Å². The van der Waals surface area contributed by atoms with Crippen LogP contribution in [0.2, 0.25) is 0 Å². The summed E-state index contributed by atoms with van der Waals surface area (Å²) in [4.78, 5) is 132. The highest BCUT2D eigenvalue weighted by molar-refractivity contribution is 6.02. The van der Waals surface area contributed by atoms with Gasteiger partial charge < -0.3 is 45.4 Å². The SMILES string of the molecule is CCC(C)C(C(CC(=O)N1CCC[C@H]1C(OC)C(C)C(=O)NC(Cc1ccccc1)C(=O)NCc1ccccc1)OC)N(C)C(=O)C(NC(=O)C(C(C)C)N(C)CCCC(=O)NC(CC(C)C)C(=O)ON1C(=O)CCC1=O)C(C)C. The van der Waals surface area contributed by atoms with Gasteiger partial charge in [-0.25, -0.2) is 4.79 Å². The van der Waals surface area contributed by atoms with Crippen LogP contribution in [0.25, 0.3) is 0 Å². The first-order valence-electron chi connectivity index (χ1n) is 28.6. The maximum absolute atomic E-state index is 14.8. The van der Waals surface area contributed by atoms with Crippen LogP contribution in [0.5, 0.6) is 0 Å². The molecule has 2 aromatic carbocycles. The fourth-order valence-electron chi connectivity index (χ4n) is 11.0. The molecule has 2 aromatic rings. The zero-order valence-electron chi connectivity index (χ0n) is 49.7. The Kier molecular flexibility index (Phi) is 26.7. The Hall–Kier alpha value is -6.25. The number of benzene rings is 2. The minimum absolute atomic E-state index is 0.00733. The number of carbonyl (C=O) groups is 9. The van der Waals surface area contributed by atoms with E-state index >= 15 is 0 Å². The molecule has 8 amide bonds. The van der Waals surface area contributed by atoms with Gasteiger partial charge in [-0.3, -0.25) is 43.3 Å². The van der Waals surface area contributed by atoms with E-state index < -0.39 is 78.1 Å². The summed E-state index contributed by atoms with van der Waals surface area (Å²) in [5.74, 6) is -5.67. The number of likely N-dealkylation sites (N-methyl/N-ethyl adjacent to an activating group) is 2. The molecule has 2 aliphatic heterocycles. The highest BCUT2D eigenvalue weighted by atomic mass is 16.7. The molecule has 4 N–H and O–H groups in total. The summed E-state index contributed by atoms with van der Waals surface area (Å²) < 4.78 is 12.2. The Balaban J connectivity index is 1.42. The number of rotatable bonds is 32. The zero-order valence-corrected chi connectivity index (χ0v) is 49.7. The number of likely N-dealkylation sites (tertiary alicyclic amines) is 1. The number of hydrogen-bond acceptors (Lipinski definition) is 13. The topological polar surface area (TPSA) is 242 Å². The lowest BCUT2D eigenvalue weighted by molar-refractivity contribution is -0.199. The predicted molar refractivity (Wildman–Crippen MR) is 302 cm³/mol. The van der Waals surface area contributed by atoms with Crippen LogP contribution in [0.15, 0.2) is 60.7 Å². The van der Waals surface area contributed by atoms with Crippen LogP contribution in [0.3, 0.4) is 0 Å². The van der Waals surface area contributed by atoms with Gasteiger partial charge in [0.1, 0.15) is 18.1 Å². The smallest absolute Gasteiger partial charge is 0.355 e. The van der Waals surface area contributed by atoms with Crippen molar-refractivity contribution in [3.05, 3.63) is 71.8 Å². The summed E-state index contributed by atoms with van der Waals surface area (Å²) in [6, 6.07) is 14.4. The van der Waals surface area contributed by atoms with E-state index in [1.807, 2.05) is 121 Å². The first kappa shape index (κ1) is 66.3. The normalized spacial score (nSPS) is 18.0. The summed E-state index contributed by atoms with van der Waals surface area (Å²) in [6.07, 6.45) is 1.09. The third-order valence-corrected chi connectivity index (χ3v) is 15.5. The first-order valence-corrected chi connectivity index (χ1v) is 28.6. The maximum atomic E-state index is 14.8. The Morgan fingerprint density at radius 2 is 1.35 bits per heavy atom. The Labute approximate surface area is 474 Å². The molecule has 2 saturated heterocycles. The number of nitrogens with zero attached hydrogens (tertiary/aromatic N) is 4. The van der Waals surface area contributed by atoms with Crippen LogP contribution in [-0.2, 0) is 70.4 Å². The molecule has 0 bridgehead atoms. The van der Waals surface area contributed by atoms with Crippen molar-refractivity contribution in [3.63, 3.8) is 0 Å². The molecule has 444 valence electrons. The zero-order chi connectivity index (χ0) is 59.4. The highest BCUT2D eigenvalue weighted by Crippen LogP contribution is 2.30. The number of methoxy groups -OCH3 is 2. The Morgan fingerprint density at radius 3 is 1.90 bits per heavy atom. The van der Waals surface area contributed by atoms with E-state index in [9.17, 15) is 43.2 Å². The summed E-state index contributed by atoms with van der Waals surface area (Å²) in [5, 5.41) is 12.2. The molecule has 20 heteroatoms. The van der Waals surface area contributed by atoms with Gasteiger partial charge in [-0.15, -0.1) is 5.06 Å². The van der Waals surface area contributed by atoms with Gasteiger partial charge in [-0.2, -0.15) is 0 Å². The second-order valence-electron chi connectivity index (χ2n) is 22.8. The quantitative estimate of drug-likeness (QED) is 0.0709.